The van der Waals surface area contributed by atoms with Crippen molar-refractivity contribution in [1.82, 2.24) is 9.21 Å². The summed E-state index contributed by atoms with van der Waals surface area (Å²) >= 11 is 1.82. The van der Waals surface area contributed by atoms with Crippen molar-refractivity contribution in [3.63, 3.8) is 0 Å². The first-order chi connectivity index (χ1) is 9.42. The average Bonchev–Trinajstić information content (AvgIpc) is 2.39. The zero-order chi connectivity index (χ0) is 15.0. The van der Waals surface area contributed by atoms with Crippen molar-refractivity contribution in [3.05, 3.63) is 30.3 Å². The summed E-state index contributed by atoms with van der Waals surface area (Å²) in [5, 5.41) is 0. The Balaban J connectivity index is 2.16. The molecule has 0 unspecified atom stereocenters. The van der Waals surface area contributed by atoms with Gasteiger partial charge in [-0.3, -0.25) is 0 Å². The minimum atomic E-state index is -3.06. The third-order valence-corrected chi connectivity index (χ3v) is 5.89. The van der Waals surface area contributed by atoms with Crippen LogP contribution in [-0.4, -0.2) is 63.4 Å². The summed E-state index contributed by atoms with van der Waals surface area (Å²) in [4.78, 5) is 3.46. The predicted molar refractivity (Wildman–Crippen MR) is 86.8 cm³/mol. The first-order valence-corrected chi connectivity index (χ1v) is 9.28. The fourth-order valence-electron chi connectivity index (χ4n) is 1.65. The van der Waals surface area contributed by atoms with Gasteiger partial charge in [0.2, 0.25) is 10.0 Å². The molecule has 0 bridgehead atoms. The number of hydrogen-bond acceptors (Lipinski definition) is 4. The summed E-state index contributed by atoms with van der Waals surface area (Å²) in [5.41, 5.74) is 0. The van der Waals surface area contributed by atoms with Crippen LogP contribution in [0, 0.1) is 0 Å². The molecule has 0 fully saturated rings. The molecule has 4 nitrogen and oxygen atoms in total. The van der Waals surface area contributed by atoms with Crippen molar-refractivity contribution < 1.29 is 8.42 Å². The molecule has 0 aliphatic heterocycles. The SMILES string of the molecule is CN(CCCS(=O)(=O)N(C)C)CCSc1ccccc1. The normalized spacial score (nSPS) is 12.2. The van der Waals surface area contributed by atoms with Crippen LogP contribution in [0.5, 0.6) is 0 Å². The van der Waals surface area contributed by atoms with E-state index >= 15 is 0 Å². The second-order valence-electron chi connectivity index (χ2n) is 4.92. The fraction of sp³-hybridized carbons (Fsp3) is 0.571. The van der Waals surface area contributed by atoms with Crippen LogP contribution in [0.3, 0.4) is 0 Å². The van der Waals surface area contributed by atoms with E-state index in [0.29, 0.717) is 6.42 Å². The zero-order valence-electron chi connectivity index (χ0n) is 12.4. The molecule has 0 aliphatic carbocycles. The monoisotopic (exact) mass is 316 g/mol. The van der Waals surface area contributed by atoms with E-state index in [2.05, 4.69) is 17.0 Å². The molecule has 6 heteroatoms. The van der Waals surface area contributed by atoms with Gasteiger partial charge in [0.15, 0.2) is 0 Å². The molecule has 0 saturated carbocycles. The van der Waals surface area contributed by atoms with Crippen molar-refractivity contribution in [3.8, 4) is 0 Å². The molecule has 0 aliphatic rings. The molecule has 1 rings (SSSR count). The van der Waals surface area contributed by atoms with E-state index in [9.17, 15) is 8.42 Å². The van der Waals surface area contributed by atoms with Gasteiger partial charge in [0.25, 0.3) is 0 Å². The van der Waals surface area contributed by atoms with Gasteiger partial charge in [0.1, 0.15) is 0 Å². The van der Waals surface area contributed by atoms with E-state index in [1.165, 1.54) is 9.20 Å². The highest BCUT2D eigenvalue weighted by atomic mass is 32.2. The molecule has 114 valence electrons. The lowest BCUT2D eigenvalue weighted by molar-refractivity contribution is 0.355. The van der Waals surface area contributed by atoms with Crippen molar-refractivity contribution >= 4 is 21.8 Å². The Kier molecular flexibility index (Phi) is 7.58. The number of hydrogen-bond donors (Lipinski definition) is 0. The molecular weight excluding hydrogens is 292 g/mol. The highest BCUT2D eigenvalue weighted by Crippen LogP contribution is 2.16. The maximum Gasteiger partial charge on any atom is 0.213 e. The van der Waals surface area contributed by atoms with Gasteiger partial charge in [-0.25, -0.2) is 12.7 Å². The first-order valence-electron chi connectivity index (χ1n) is 6.68. The van der Waals surface area contributed by atoms with Crippen LogP contribution < -0.4 is 0 Å². The van der Waals surface area contributed by atoms with Gasteiger partial charge in [0, 0.05) is 31.3 Å². The zero-order valence-corrected chi connectivity index (χ0v) is 14.1. The van der Waals surface area contributed by atoms with Crippen LogP contribution in [0.1, 0.15) is 6.42 Å². The second kappa shape index (κ2) is 8.67. The maximum absolute atomic E-state index is 11.6. The van der Waals surface area contributed by atoms with E-state index in [1.807, 2.05) is 37.0 Å². The molecule has 0 saturated heterocycles. The summed E-state index contributed by atoms with van der Waals surface area (Å²) in [6.07, 6.45) is 0.674. The Hall–Kier alpha value is -0.560. The highest BCUT2D eigenvalue weighted by molar-refractivity contribution is 7.99. The molecule has 1 aromatic carbocycles. The third kappa shape index (κ3) is 6.74. The summed E-state index contributed by atoms with van der Waals surface area (Å²) in [5.74, 6) is 1.23. The van der Waals surface area contributed by atoms with Crippen LogP contribution in [0.4, 0.5) is 0 Å². The van der Waals surface area contributed by atoms with Crippen molar-refractivity contribution in [1.29, 1.82) is 0 Å². The van der Waals surface area contributed by atoms with E-state index in [1.54, 1.807) is 14.1 Å². The van der Waals surface area contributed by atoms with Gasteiger partial charge in [-0.15, -0.1) is 11.8 Å². The minimum Gasteiger partial charge on any atom is -0.306 e. The van der Waals surface area contributed by atoms with Gasteiger partial charge < -0.3 is 4.90 Å². The van der Waals surface area contributed by atoms with Crippen molar-refractivity contribution in [2.45, 2.75) is 11.3 Å². The number of benzene rings is 1. The van der Waals surface area contributed by atoms with Gasteiger partial charge in [-0.1, -0.05) is 18.2 Å². The maximum atomic E-state index is 11.6. The van der Waals surface area contributed by atoms with E-state index < -0.39 is 10.0 Å². The molecule has 1 aromatic rings. The van der Waals surface area contributed by atoms with Crippen molar-refractivity contribution in [2.24, 2.45) is 0 Å². The third-order valence-electron chi connectivity index (χ3n) is 2.98. The fourth-order valence-corrected chi connectivity index (χ4v) is 3.49. The first kappa shape index (κ1) is 17.5. The van der Waals surface area contributed by atoms with E-state index in [4.69, 9.17) is 0 Å². The topological polar surface area (TPSA) is 40.6 Å². The Morgan fingerprint density at radius 2 is 1.70 bits per heavy atom. The van der Waals surface area contributed by atoms with E-state index in [0.717, 1.165) is 18.8 Å². The molecule has 0 amide bonds. The van der Waals surface area contributed by atoms with Gasteiger partial charge in [-0.2, -0.15) is 0 Å². The lowest BCUT2D eigenvalue weighted by Gasteiger charge is -2.17. The largest absolute Gasteiger partial charge is 0.306 e. The quantitative estimate of drug-likeness (QED) is 0.653. The van der Waals surface area contributed by atoms with Gasteiger partial charge >= 0.3 is 0 Å². The van der Waals surface area contributed by atoms with Crippen LogP contribution in [0.2, 0.25) is 0 Å². The molecule has 0 radical (unpaired) electrons. The molecule has 0 atom stereocenters. The Bertz CT molecular complexity index is 475. The molecule has 0 spiro atoms. The number of nitrogens with zero attached hydrogens (tertiary/aromatic N) is 2. The van der Waals surface area contributed by atoms with Crippen molar-refractivity contribution in [2.75, 3.05) is 45.7 Å². The number of sulfonamides is 1. The molecular formula is C14H24N2O2S2. The average molecular weight is 316 g/mol. The lowest BCUT2D eigenvalue weighted by Crippen LogP contribution is -2.28. The highest BCUT2D eigenvalue weighted by Gasteiger charge is 2.13. The number of rotatable bonds is 9. The molecule has 0 aromatic heterocycles. The summed E-state index contributed by atoms with van der Waals surface area (Å²) < 4.78 is 24.5. The Morgan fingerprint density at radius 1 is 1.05 bits per heavy atom. The Morgan fingerprint density at radius 3 is 2.30 bits per heavy atom. The minimum absolute atomic E-state index is 0.218. The summed E-state index contributed by atoms with van der Waals surface area (Å²) in [6, 6.07) is 10.3. The Labute approximate surface area is 127 Å². The molecule has 0 heterocycles. The number of thioether (sulfide) groups is 1. The summed E-state index contributed by atoms with van der Waals surface area (Å²) in [6.45, 7) is 1.77. The summed E-state index contributed by atoms with van der Waals surface area (Å²) in [7, 11) is 2.14. The predicted octanol–water partition coefficient (Wildman–Crippen LogP) is 1.99. The lowest BCUT2D eigenvalue weighted by atomic mass is 10.4. The van der Waals surface area contributed by atoms with E-state index in [-0.39, 0.29) is 5.75 Å². The van der Waals surface area contributed by atoms with Crippen LogP contribution >= 0.6 is 11.8 Å². The molecule has 0 N–H and O–H groups in total. The van der Waals surface area contributed by atoms with Gasteiger partial charge in [0.05, 0.1) is 5.75 Å². The van der Waals surface area contributed by atoms with Gasteiger partial charge in [-0.05, 0) is 32.1 Å². The standard InChI is InChI=1S/C14H24N2O2S2/c1-15(2)20(17,18)13-7-10-16(3)11-12-19-14-8-5-4-6-9-14/h4-6,8-9H,7,10-13H2,1-3H3. The molecule has 20 heavy (non-hydrogen) atoms. The van der Waals surface area contributed by atoms with Crippen LogP contribution in [-0.2, 0) is 10.0 Å². The smallest absolute Gasteiger partial charge is 0.213 e. The second-order valence-corrected chi connectivity index (χ2v) is 8.39. The van der Waals surface area contributed by atoms with Crippen LogP contribution in [0.25, 0.3) is 0 Å². The van der Waals surface area contributed by atoms with Crippen LogP contribution in [0.15, 0.2) is 35.2 Å².